The smallest absolute Gasteiger partial charge is 0.489 e. The molecule has 9 nitrogen and oxygen atoms in total. The zero-order valence-electron chi connectivity index (χ0n) is 20.3. The van der Waals surface area contributed by atoms with Crippen molar-refractivity contribution >= 4 is 28.7 Å². The zero-order valence-corrected chi connectivity index (χ0v) is 20.3. The van der Waals surface area contributed by atoms with Crippen LogP contribution in [0.5, 0.6) is 5.75 Å². The first-order valence-corrected chi connectivity index (χ1v) is 11.6. The van der Waals surface area contributed by atoms with E-state index in [4.69, 9.17) is 19.8 Å². The number of carboxylic acid groups (broad SMARTS) is 1. The Morgan fingerprint density at radius 1 is 1.08 bits per heavy atom. The normalized spacial score (nSPS) is 13.9. The number of hydrogen-bond donors (Lipinski definition) is 4. The van der Waals surface area contributed by atoms with Crippen molar-refractivity contribution in [2.24, 2.45) is 0 Å². The second-order valence-corrected chi connectivity index (χ2v) is 8.86. The summed E-state index contributed by atoms with van der Waals surface area (Å²) in [5, 5.41) is 19.9. The van der Waals surface area contributed by atoms with Crippen LogP contribution in [-0.2, 0) is 16.2 Å². The van der Waals surface area contributed by atoms with E-state index in [-0.39, 0.29) is 12.3 Å². The summed E-state index contributed by atoms with van der Waals surface area (Å²) in [6, 6.07) is 16.9. The lowest BCUT2D eigenvalue weighted by Gasteiger charge is -2.42. The SMILES string of the molecule is Cc1cc(COc2ccc(C(=O)NC3(CC(=O)NO)CCC3)cc2)c2ccccc2n1.O=C(O)C(F)(F)F. The summed E-state index contributed by atoms with van der Waals surface area (Å²) < 4.78 is 37.7. The summed E-state index contributed by atoms with van der Waals surface area (Å²) in [5.41, 5.74) is 4.48. The number of benzene rings is 2. The van der Waals surface area contributed by atoms with Gasteiger partial charge in [0.05, 0.1) is 11.9 Å². The van der Waals surface area contributed by atoms with E-state index in [9.17, 15) is 22.8 Å². The van der Waals surface area contributed by atoms with Gasteiger partial charge in [-0.1, -0.05) is 18.2 Å². The maximum Gasteiger partial charge on any atom is 0.490 e. The molecule has 1 aliphatic rings. The quantitative estimate of drug-likeness (QED) is 0.262. The first-order valence-electron chi connectivity index (χ1n) is 11.6. The Bertz CT molecular complexity index is 1310. The standard InChI is InChI=1S/C24H25N3O4.C2HF3O2/c1-16-13-18(20-5-2-3-6-21(20)25-16)15-31-19-9-7-17(8-10-19)23(29)26-24(11-4-12-24)14-22(28)27-30;3-2(4,5)1(6)7/h2-3,5-10,13,30H,4,11-12,14-15H2,1H3,(H,26,29)(H,27,28);(H,6,7). The number of rotatable bonds is 7. The van der Waals surface area contributed by atoms with Gasteiger partial charge >= 0.3 is 12.1 Å². The lowest BCUT2D eigenvalue weighted by molar-refractivity contribution is -0.192. The van der Waals surface area contributed by atoms with Crippen molar-refractivity contribution in [2.75, 3.05) is 0 Å². The van der Waals surface area contributed by atoms with Gasteiger partial charge in [-0.05, 0) is 62.6 Å². The molecule has 38 heavy (non-hydrogen) atoms. The van der Waals surface area contributed by atoms with Crippen LogP contribution < -0.4 is 15.5 Å². The van der Waals surface area contributed by atoms with Crippen LogP contribution in [0.2, 0.25) is 0 Å². The molecule has 1 aromatic heterocycles. The average Bonchev–Trinajstić information content (AvgIpc) is 2.85. The molecule has 1 fully saturated rings. The Balaban J connectivity index is 0.000000505. The fourth-order valence-corrected chi connectivity index (χ4v) is 3.99. The van der Waals surface area contributed by atoms with E-state index in [1.807, 2.05) is 37.3 Å². The summed E-state index contributed by atoms with van der Waals surface area (Å²) in [6.07, 6.45) is -2.65. The van der Waals surface area contributed by atoms with Crippen molar-refractivity contribution in [1.82, 2.24) is 15.8 Å². The minimum atomic E-state index is -5.08. The predicted molar refractivity (Wildman–Crippen MR) is 130 cm³/mol. The molecule has 0 aliphatic heterocycles. The number of alkyl halides is 3. The third-order valence-corrected chi connectivity index (χ3v) is 6.00. The van der Waals surface area contributed by atoms with Crippen molar-refractivity contribution < 1.29 is 42.6 Å². The molecule has 202 valence electrons. The van der Waals surface area contributed by atoms with E-state index >= 15 is 0 Å². The first kappa shape index (κ1) is 28.4. The second kappa shape index (κ2) is 11.9. The number of nitrogens with one attached hydrogen (secondary N) is 2. The van der Waals surface area contributed by atoms with E-state index in [0.29, 0.717) is 30.8 Å². The molecule has 0 saturated heterocycles. The lowest BCUT2D eigenvalue weighted by atomic mass is 9.74. The molecule has 4 N–H and O–H groups in total. The van der Waals surface area contributed by atoms with Gasteiger partial charge in [-0.25, -0.2) is 10.3 Å². The molecule has 0 bridgehead atoms. The molecular formula is C26H26F3N3O6. The number of aliphatic carboxylic acids is 1. The van der Waals surface area contributed by atoms with Crippen molar-refractivity contribution in [2.45, 2.75) is 50.9 Å². The summed E-state index contributed by atoms with van der Waals surface area (Å²) in [6.45, 7) is 2.36. The van der Waals surface area contributed by atoms with Gasteiger partial charge in [-0.15, -0.1) is 0 Å². The minimum Gasteiger partial charge on any atom is -0.489 e. The number of carbonyl (C=O) groups is 3. The molecule has 0 atom stereocenters. The molecule has 3 aromatic rings. The predicted octanol–water partition coefficient (Wildman–Crippen LogP) is 4.30. The van der Waals surface area contributed by atoms with Gasteiger partial charge in [0, 0.05) is 27.7 Å². The maximum absolute atomic E-state index is 12.6. The van der Waals surface area contributed by atoms with Gasteiger partial charge in [-0.2, -0.15) is 13.2 Å². The van der Waals surface area contributed by atoms with Crippen LogP contribution in [0, 0.1) is 6.92 Å². The Morgan fingerprint density at radius 2 is 1.71 bits per heavy atom. The van der Waals surface area contributed by atoms with Crippen molar-refractivity contribution in [1.29, 1.82) is 0 Å². The fourth-order valence-electron chi connectivity index (χ4n) is 3.99. The van der Waals surface area contributed by atoms with Crippen LogP contribution in [0.4, 0.5) is 13.2 Å². The number of aryl methyl sites for hydroxylation is 1. The van der Waals surface area contributed by atoms with E-state index in [1.54, 1.807) is 29.7 Å². The summed E-state index contributed by atoms with van der Waals surface area (Å²) in [4.78, 5) is 37.6. The van der Waals surface area contributed by atoms with Crippen LogP contribution >= 0.6 is 0 Å². The summed E-state index contributed by atoms with van der Waals surface area (Å²) >= 11 is 0. The number of pyridine rings is 1. The molecular weight excluding hydrogens is 507 g/mol. The number of carbonyl (C=O) groups excluding carboxylic acids is 2. The van der Waals surface area contributed by atoms with E-state index in [2.05, 4.69) is 10.3 Å². The lowest BCUT2D eigenvalue weighted by Crippen LogP contribution is -2.55. The third-order valence-electron chi connectivity index (χ3n) is 6.00. The van der Waals surface area contributed by atoms with Gasteiger partial charge in [-0.3, -0.25) is 19.8 Å². The average molecular weight is 534 g/mol. The Kier molecular flexibility index (Phi) is 8.89. The Morgan fingerprint density at radius 3 is 2.26 bits per heavy atom. The number of fused-ring (bicyclic) bond motifs is 1. The molecule has 1 saturated carbocycles. The van der Waals surface area contributed by atoms with Crippen LogP contribution in [0.15, 0.2) is 54.6 Å². The van der Waals surface area contributed by atoms with Crippen LogP contribution in [0.1, 0.15) is 47.3 Å². The first-order chi connectivity index (χ1) is 17.9. The number of halogens is 3. The van der Waals surface area contributed by atoms with Gasteiger partial charge in [0.2, 0.25) is 5.91 Å². The van der Waals surface area contributed by atoms with E-state index in [0.717, 1.165) is 28.6 Å². The highest BCUT2D eigenvalue weighted by atomic mass is 19.4. The van der Waals surface area contributed by atoms with Gasteiger partial charge < -0.3 is 15.2 Å². The summed E-state index contributed by atoms with van der Waals surface area (Å²) in [5.74, 6) is -2.84. The monoisotopic (exact) mass is 533 g/mol. The van der Waals surface area contributed by atoms with E-state index < -0.39 is 23.6 Å². The molecule has 0 radical (unpaired) electrons. The molecule has 4 rings (SSSR count). The van der Waals surface area contributed by atoms with Crippen molar-refractivity contribution in [3.63, 3.8) is 0 Å². The molecule has 1 heterocycles. The fraction of sp³-hybridized carbons (Fsp3) is 0.308. The number of ether oxygens (including phenoxy) is 1. The van der Waals surface area contributed by atoms with Crippen LogP contribution in [0.3, 0.4) is 0 Å². The Labute approximate surface area is 215 Å². The molecule has 2 amide bonds. The maximum atomic E-state index is 12.6. The topological polar surface area (TPSA) is 138 Å². The number of para-hydroxylation sites is 1. The third kappa shape index (κ3) is 7.42. The zero-order chi connectivity index (χ0) is 27.9. The largest absolute Gasteiger partial charge is 0.490 e. The second-order valence-electron chi connectivity index (χ2n) is 8.86. The number of hydroxylamine groups is 1. The van der Waals surface area contributed by atoms with Crippen LogP contribution in [0.25, 0.3) is 10.9 Å². The summed E-state index contributed by atoms with van der Waals surface area (Å²) in [7, 11) is 0. The number of carboxylic acids is 1. The highest BCUT2D eigenvalue weighted by Crippen LogP contribution is 2.35. The molecule has 2 aromatic carbocycles. The van der Waals surface area contributed by atoms with Crippen molar-refractivity contribution in [3.05, 3.63) is 71.4 Å². The minimum absolute atomic E-state index is 0.0652. The molecule has 1 aliphatic carbocycles. The number of nitrogens with zero attached hydrogens (tertiary/aromatic N) is 1. The highest BCUT2D eigenvalue weighted by molar-refractivity contribution is 5.95. The molecule has 0 spiro atoms. The number of aromatic nitrogens is 1. The highest BCUT2D eigenvalue weighted by Gasteiger charge is 2.40. The molecule has 0 unspecified atom stereocenters. The van der Waals surface area contributed by atoms with Gasteiger partial charge in [0.15, 0.2) is 0 Å². The van der Waals surface area contributed by atoms with Gasteiger partial charge in [0.1, 0.15) is 12.4 Å². The van der Waals surface area contributed by atoms with Crippen LogP contribution in [-0.4, -0.2) is 44.8 Å². The number of amides is 2. The number of hydrogen-bond acceptors (Lipinski definition) is 6. The van der Waals surface area contributed by atoms with E-state index in [1.165, 1.54) is 0 Å². The van der Waals surface area contributed by atoms with Gasteiger partial charge in [0.25, 0.3) is 5.91 Å². The Hall–Kier alpha value is -4.19. The van der Waals surface area contributed by atoms with Crippen molar-refractivity contribution in [3.8, 4) is 5.75 Å². The molecule has 12 heteroatoms.